The summed E-state index contributed by atoms with van der Waals surface area (Å²) >= 11 is 11.9. The summed E-state index contributed by atoms with van der Waals surface area (Å²) in [6, 6.07) is 14.3. The summed E-state index contributed by atoms with van der Waals surface area (Å²) in [6.07, 6.45) is 0.680. The van der Waals surface area contributed by atoms with Crippen LogP contribution in [0.15, 0.2) is 53.1 Å². The molecule has 3 aromatic rings. The summed E-state index contributed by atoms with van der Waals surface area (Å²) in [4.78, 5) is 14.2. The molecule has 0 aliphatic carbocycles. The summed E-state index contributed by atoms with van der Waals surface area (Å²) < 4.78 is 5.54. The molecule has 0 saturated heterocycles. The second kappa shape index (κ2) is 7.02. The second-order valence-corrected chi connectivity index (χ2v) is 6.93. The lowest BCUT2D eigenvalue weighted by Crippen LogP contribution is -2.38. The lowest BCUT2D eigenvalue weighted by molar-refractivity contribution is 0.205. The van der Waals surface area contributed by atoms with Crippen molar-refractivity contribution in [1.29, 1.82) is 0 Å². The summed E-state index contributed by atoms with van der Waals surface area (Å²) in [6.45, 7) is 0.986. The van der Waals surface area contributed by atoms with Crippen molar-refractivity contribution in [2.45, 2.75) is 13.0 Å². The number of urea groups is 1. The highest BCUT2D eigenvalue weighted by molar-refractivity contribution is 6.31. The first-order valence-electron chi connectivity index (χ1n) is 8.15. The summed E-state index contributed by atoms with van der Waals surface area (Å²) in [7, 11) is 0. The van der Waals surface area contributed by atoms with Gasteiger partial charge in [0.05, 0.1) is 6.54 Å². The maximum atomic E-state index is 12.5. The molecule has 1 N–H and O–H groups in total. The molecule has 2 amide bonds. The molecule has 5 nitrogen and oxygen atoms in total. The molecule has 0 radical (unpaired) electrons. The number of aromatic nitrogens is 1. The molecule has 0 spiro atoms. The maximum Gasteiger partial charge on any atom is 0.322 e. The summed E-state index contributed by atoms with van der Waals surface area (Å²) in [5.41, 5.74) is 3.41. The number of hydrogen-bond donors (Lipinski definition) is 1. The zero-order valence-corrected chi connectivity index (χ0v) is 15.2. The van der Waals surface area contributed by atoms with Crippen LogP contribution in [0.3, 0.4) is 0 Å². The van der Waals surface area contributed by atoms with Gasteiger partial charge in [0.15, 0.2) is 5.76 Å². The summed E-state index contributed by atoms with van der Waals surface area (Å²) in [5, 5.41) is 8.26. The van der Waals surface area contributed by atoms with E-state index in [-0.39, 0.29) is 6.03 Å². The number of anilines is 1. The first-order valence-corrected chi connectivity index (χ1v) is 8.90. The molecule has 4 rings (SSSR count). The van der Waals surface area contributed by atoms with Gasteiger partial charge in [0, 0.05) is 33.4 Å². The number of carbonyl (C=O) groups is 1. The van der Waals surface area contributed by atoms with E-state index in [0.29, 0.717) is 35.2 Å². The van der Waals surface area contributed by atoms with Gasteiger partial charge in [0.1, 0.15) is 5.69 Å². The third-order valence-electron chi connectivity index (χ3n) is 4.31. The van der Waals surface area contributed by atoms with Gasteiger partial charge in [-0.25, -0.2) is 4.79 Å². The van der Waals surface area contributed by atoms with Gasteiger partial charge < -0.3 is 14.7 Å². The first-order chi connectivity index (χ1) is 12.6. The van der Waals surface area contributed by atoms with Crippen LogP contribution < -0.4 is 5.32 Å². The molecule has 0 fully saturated rings. The van der Waals surface area contributed by atoms with E-state index in [4.69, 9.17) is 27.7 Å². The van der Waals surface area contributed by atoms with Gasteiger partial charge in [-0.05, 0) is 48.9 Å². The predicted molar refractivity (Wildman–Crippen MR) is 102 cm³/mol. The van der Waals surface area contributed by atoms with Crippen LogP contribution in [-0.4, -0.2) is 22.6 Å². The molecule has 0 saturated carbocycles. The van der Waals surface area contributed by atoms with E-state index in [2.05, 4.69) is 10.5 Å². The van der Waals surface area contributed by atoms with Crippen LogP contribution in [-0.2, 0) is 13.0 Å². The number of benzene rings is 2. The molecule has 7 heteroatoms. The molecular formula is C19H15Cl2N3O2. The summed E-state index contributed by atoms with van der Waals surface area (Å²) in [5.74, 6) is 0.742. The van der Waals surface area contributed by atoms with Crippen LogP contribution in [0.4, 0.5) is 10.5 Å². The Kier molecular flexibility index (Phi) is 4.57. The highest BCUT2D eigenvalue weighted by atomic mass is 35.5. The van der Waals surface area contributed by atoms with E-state index in [1.165, 1.54) is 0 Å². The van der Waals surface area contributed by atoms with E-state index in [0.717, 1.165) is 22.6 Å². The van der Waals surface area contributed by atoms with E-state index in [1.54, 1.807) is 29.2 Å². The Morgan fingerprint density at radius 3 is 2.69 bits per heavy atom. The number of nitrogens with zero attached hydrogens (tertiary/aromatic N) is 2. The molecule has 2 aromatic carbocycles. The van der Waals surface area contributed by atoms with Crippen molar-refractivity contribution < 1.29 is 9.32 Å². The van der Waals surface area contributed by atoms with Gasteiger partial charge in [-0.1, -0.05) is 34.4 Å². The van der Waals surface area contributed by atoms with Crippen LogP contribution in [0.1, 0.15) is 11.3 Å². The van der Waals surface area contributed by atoms with Crippen LogP contribution in [0.5, 0.6) is 0 Å². The molecule has 1 aliphatic rings. The van der Waals surface area contributed by atoms with Crippen molar-refractivity contribution >= 4 is 34.9 Å². The topological polar surface area (TPSA) is 58.4 Å². The fourth-order valence-corrected chi connectivity index (χ4v) is 3.32. The van der Waals surface area contributed by atoms with Gasteiger partial charge in [-0.2, -0.15) is 0 Å². The first kappa shape index (κ1) is 16.9. The third kappa shape index (κ3) is 3.41. The molecule has 0 bridgehead atoms. The van der Waals surface area contributed by atoms with Gasteiger partial charge in [-0.3, -0.25) is 0 Å². The largest absolute Gasteiger partial charge is 0.356 e. The highest BCUT2D eigenvalue weighted by Crippen LogP contribution is 2.31. The molecule has 2 heterocycles. The van der Waals surface area contributed by atoms with Crippen LogP contribution in [0, 0.1) is 0 Å². The minimum absolute atomic E-state index is 0.186. The molecule has 0 atom stereocenters. The standard InChI is InChI=1S/C19H15Cl2N3O2/c20-13-6-4-12(5-7-13)18-16-8-9-24(11-17(16)23-26-18)19(25)22-15-3-1-2-14(21)10-15/h1-7,10H,8-9,11H2,(H,22,25). The van der Waals surface area contributed by atoms with Gasteiger partial charge in [0.2, 0.25) is 0 Å². The Bertz CT molecular complexity index is 954. The van der Waals surface area contributed by atoms with E-state index >= 15 is 0 Å². The van der Waals surface area contributed by atoms with E-state index in [9.17, 15) is 4.79 Å². The third-order valence-corrected chi connectivity index (χ3v) is 4.80. The van der Waals surface area contributed by atoms with Crippen LogP contribution >= 0.6 is 23.2 Å². The molecule has 26 heavy (non-hydrogen) atoms. The number of amides is 2. The van der Waals surface area contributed by atoms with Crippen molar-refractivity contribution in [3.8, 4) is 11.3 Å². The van der Waals surface area contributed by atoms with Crippen molar-refractivity contribution in [2.24, 2.45) is 0 Å². The Hall–Kier alpha value is -2.50. The number of nitrogens with one attached hydrogen (secondary N) is 1. The number of halogens is 2. The monoisotopic (exact) mass is 387 g/mol. The number of rotatable bonds is 2. The quantitative estimate of drug-likeness (QED) is 0.653. The molecule has 0 unspecified atom stereocenters. The fraction of sp³-hybridized carbons (Fsp3) is 0.158. The zero-order valence-electron chi connectivity index (χ0n) is 13.7. The van der Waals surface area contributed by atoms with Crippen molar-refractivity contribution in [2.75, 3.05) is 11.9 Å². The van der Waals surface area contributed by atoms with Gasteiger partial charge in [0.25, 0.3) is 0 Å². The lowest BCUT2D eigenvalue weighted by Gasteiger charge is -2.26. The minimum Gasteiger partial charge on any atom is -0.356 e. The normalized spacial score (nSPS) is 13.4. The molecule has 132 valence electrons. The Morgan fingerprint density at radius 2 is 1.92 bits per heavy atom. The molecule has 1 aromatic heterocycles. The SMILES string of the molecule is O=C(Nc1cccc(Cl)c1)N1CCc2c(noc2-c2ccc(Cl)cc2)C1. The average Bonchev–Trinajstić information content (AvgIpc) is 3.05. The van der Waals surface area contributed by atoms with Crippen molar-refractivity contribution in [1.82, 2.24) is 10.1 Å². The highest BCUT2D eigenvalue weighted by Gasteiger charge is 2.27. The number of carbonyl (C=O) groups excluding carboxylic acids is 1. The minimum atomic E-state index is -0.186. The Morgan fingerprint density at radius 1 is 1.12 bits per heavy atom. The Balaban J connectivity index is 1.50. The lowest BCUT2D eigenvalue weighted by atomic mass is 10.0. The number of hydrogen-bond acceptors (Lipinski definition) is 3. The maximum absolute atomic E-state index is 12.5. The Labute approximate surface area is 160 Å². The second-order valence-electron chi connectivity index (χ2n) is 6.06. The fourth-order valence-electron chi connectivity index (χ4n) is 3.00. The predicted octanol–water partition coefficient (Wildman–Crippen LogP) is 5.24. The molecule has 1 aliphatic heterocycles. The zero-order chi connectivity index (χ0) is 18.1. The van der Waals surface area contributed by atoms with Crippen LogP contribution in [0.2, 0.25) is 10.0 Å². The van der Waals surface area contributed by atoms with E-state index < -0.39 is 0 Å². The van der Waals surface area contributed by atoms with Crippen molar-refractivity contribution in [3.63, 3.8) is 0 Å². The van der Waals surface area contributed by atoms with Gasteiger partial charge in [-0.15, -0.1) is 0 Å². The number of fused-ring (bicyclic) bond motifs is 1. The van der Waals surface area contributed by atoms with Gasteiger partial charge >= 0.3 is 6.03 Å². The average molecular weight is 388 g/mol. The smallest absolute Gasteiger partial charge is 0.322 e. The molecular weight excluding hydrogens is 373 g/mol. The van der Waals surface area contributed by atoms with Crippen LogP contribution in [0.25, 0.3) is 11.3 Å². The van der Waals surface area contributed by atoms with Crippen molar-refractivity contribution in [3.05, 3.63) is 69.8 Å². The van der Waals surface area contributed by atoms with E-state index in [1.807, 2.05) is 24.3 Å².